The van der Waals surface area contributed by atoms with E-state index in [0.29, 0.717) is 12.5 Å². The van der Waals surface area contributed by atoms with Crippen molar-refractivity contribution in [3.8, 4) is 5.75 Å². The number of rotatable bonds is 3. The van der Waals surface area contributed by atoms with Gasteiger partial charge in [-0.3, -0.25) is 0 Å². The molecule has 2 aliphatic heterocycles. The molecule has 2 aliphatic rings. The van der Waals surface area contributed by atoms with E-state index in [0.717, 1.165) is 48.3 Å². The highest BCUT2D eigenvalue weighted by molar-refractivity contribution is 9.10. The molecule has 0 amide bonds. The van der Waals surface area contributed by atoms with E-state index in [2.05, 4.69) is 15.9 Å². The SMILES string of the molecule is ClCc1cc(OC2CCOC3(CCOC3)C2)ccc1Br. The molecule has 110 valence electrons. The quantitative estimate of drug-likeness (QED) is 0.764. The number of alkyl halides is 1. The van der Waals surface area contributed by atoms with Gasteiger partial charge in [0, 0.05) is 36.2 Å². The number of hydrogen-bond donors (Lipinski definition) is 0. The van der Waals surface area contributed by atoms with Crippen LogP contribution in [0.1, 0.15) is 24.8 Å². The van der Waals surface area contributed by atoms with E-state index in [-0.39, 0.29) is 11.7 Å². The van der Waals surface area contributed by atoms with E-state index < -0.39 is 0 Å². The van der Waals surface area contributed by atoms with E-state index in [1.165, 1.54) is 0 Å². The highest BCUT2D eigenvalue weighted by atomic mass is 79.9. The summed E-state index contributed by atoms with van der Waals surface area (Å²) in [7, 11) is 0. The van der Waals surface area contributed by atoms with Crippen LogP contribution in [-0.4, -0.2) is 31.5 Å². The van der Waals surface area contributed by atoms with Crippen LogP contribution in [0.3, 0.4) is 0 Å². The second kappa shape index (κ2) is 6.22. The molecule has 0 radical (unpaired) electrons. The van der Waals surface area contributed by atoms with Crippen LogP contribution < -0.4 is 4.74 Å². The van der Waals surface area contributed by atoms with Crippen LogP contribution in [0.4, 0.5) is 0 Å². The fourth-order valence-electron chi connectivity index (χ4n) is 2.87. The van der Waals surface area contributed by atoms with Crippen LogP contribution in [0.5, 0.6) is 5.75 Å². The smallest absolute Gasteiger partial charge is 0.120 e. The van der Waals surface area contributed by atoms with Crippen molar-refractivity contribution in [1.82, 2.24) is 0 Å². The molecule has 2 saturated heterocycles. The molecule has 0 bridgehead atoms. The van der Waals surface area contributed by atoms with Gasteiger partial charge in [-0.05, 0) is 23.8 Å². The molecule has 2 heterocycles. The number of benzene rings is 1. The third kappa shape index (κ3) is 3.14. The summed E-state index contributed by atoms with van der Waals surface area (Å²) in [5, 5.41) is 0. The topological polar surface area (TPSA) is 27.7 Å². The minimum Gasteiger partial charge on any atom is -0.490 e. The Labute approximate surface area is 132 Å². The van der Waals surface area contributed by atoms with Crippen molar-refractivity contribution < 1.29 is 14.2 Å². The molecule has 5 heteroatoms. The van der Waals surface area contributed by atoms with Crippen molar-refractivity contribution in [3.05, 3.63) is 28.2 Å². The molecule has 2 atom stereocenters. The summed E-state index contributed by atoms with van der Waals surface area (Å²) in [5.74, 6) is 1.35. The van der Waals surface area contributed by atoms with E-state index in [1.54, 1.807) is 0 Å². The van der Waals surface area contributed by atoms with Crippen LogP contribution in [0.15, 0.2) is 22.7 Å². The van der Waals surface area contributed by atoms with Crippen LogP contribution in [0, 0.1) is 0 Å². The van der Waals surface area contributed by atoms with Crippen molar-refractivity contribution in [2.24, 2.45) is 0 Å². The molecule has 2 unspecified atom stereocenters. The highest BCUT2D eigenvalue weighted by Gasteiger charge is 2.41. The minimum atomic E-state index is -0.117. The van der Waals surface area contributed by atoms with Crippen molar-refractivity contribution in [3.63, 3.8) is 0 Å². The van der Waals surface area contributed by atoms with E-state index in [1.807, 2.05) is 18.2 Å². The summed E-state index contributed by atoms with van der Waals surface area (Å²) < 4.78 is 18.6. The fourth-order valence-corrected chi connectivity index (χ4v) is 3.64. The second-order valence-electron chi connectivity index (χ2n) is 5.45. The van der Waals surface area contributed by atoms with Gasteiger partial charge in [-0.1, -0.05) is 15.9 Å². The first-order valence-electron chi connectivity index (χ1n) is 6.93. The zero-order valence-electron chi connectivity index (χ0n) is 11.2. The Kier molecular flexibility index (Phi) is 4.55. The maximum absolute atomic E-state index is 6.12. The third-order valence-corrected chi connectivity index (χ3v) is 5.04. The first kappa shape index (κ1) is 14.6. The van der Waals surface area contributed by atoms with Crippen molar-refractivity contribution in [1.29, 1.82) is 0 Å². The van der Waals surface area contributed by atoms with Crippen molar-refractivity contribution >= 4 is 27.5 Å². The Morgan fingerprint density at radius 3 is 3.05 bits per heavy atom. The first-order chi connectivity index (χ1) is 9.71. The molecular formula is C15H18BrClO3. The molecule has 0 N–H and O–H groups in total. The largest absolute Gasteiger partial charge is 0.490 e. The summed E-state index contributed by atoms with van der Waals surface area (Å²) in [6.45, 7) is 2.23. The average Bonchev–Trinajstić information content (AvgIpc) is 2.89. The maximum Gasteiger partial charge on any atom is 0.120 e. The fraction of sp³-hybridized carbons (Fsp3) is 0.600. The lowest BCUT2D eigenvalue weighted by atomic mass is 9.91. The van der Waals surface area contributed by atoms with Crippen LogP contribution >= 0.6 is 27.5 Å². The Morgan fingerprint density at radius 2 is 2.30 bits per heavy atom. The molecule has 0 aliphatic carbocycles. The van der Waals surface area contributed by atoms with Crippen LogP contribution in [-0.2, 0) is 15.4 Å². The van der Waals surface area contributed by atoms with E-state index in [4.69, 9.17) is 25.8 Å². The molecule has 1 aromatic rings. The standard InChI is InChI=1S/C15H18BrClO3/c16-14-2-1-12(7-11(14)9-17)20-13-3-5-19-15(8-13)4-6-18-10-15/h1-2,7,13H,3-6,8-10H2. The molecule has 3 nitrogen and oxygen atoms in total. The Hall–Kier alpha value is -0.290. The second-order valence-corrected chi connectivity index (χ2v) is 6.58. The molecule has 20 heavy (non-hydrogen) atoms. The lowest BCUT2D eigenvalue weighted by molar-refractivity contribution is -0.112. The van der Waals surface area contributed by atoms with Gasteiger partial charge in [-0.2, -0.15) is 0 Å². The minimum absolute atomic E-state index is 0.117. The lowest BCUT2D eigenvalue weighted by Gasteiger charge is -2.37. The Morgan fingerprint density at radius 1 is 1.40 bits per heavy atom. The van der Waals surface area contributed by atoms with Crippen LogP contribution in [0.2, 0.25) is 0 Å². The van der Waals surface area contributed by atoms with E-state index in [9.17, 15) is 0 Å². The Bertz CT molecular complexity index is 474. The summed E-state index contributed by atoms with van der Waals surface area (Å²) in [4.78, 5) is 0. The highest BCUT2D eigenvalue weighted by Crippen LogP contribution is 2.35. The zero-order valence-corrected chi connectivity index (χ0v) is 13.6. The molecule has 1 spiro atoms. The van der Waals surface area contributed by atoms with Gasteiger partial charge < -0.3 is 14.2 Å². The van der Waals surface area contributed by atoms with Crippen molar-refractivity contribution in [2.75, 3.05) is 19.8 Å². The maximum atomic E-state index is 6.12. The molecule has 0 saturated carbocycles. The monoisotopic (exact) mass is 360 g/mol. The Balaban J connectivity index is 1.68. The van der Waals surface area contributed by atoms with Gasteiger partial charge >= 0.3 is 0 Å². The van der Waals surface area contributed by atoms with Crippen LogP contribution in [0.25, 0.3) is 0 Å². The molecular weight excluding hydrogens is 344 g/mol. The molecule has 0 aromatic heterocycles. The predicted octanol–water partition coefficient (Wildman–Crippen LogP) is 3.90. The number of hydrogen-bond acceptors (Lipinski definition) is 3. The van der Waals surface area contributed by atoms with Gasteiger partial charge in [0.2, 0.25) is 0 Å². The lowest BCUT2D eigenvalue weighted by Crippen LogP contribution is -2.44. The zero-order chi connectivity index (χ0) is 14.0. The third-order valence-electron chi connectivity index (χ3n) is 3.98. The summed E-state index contributed by atoms with van der Waals surface area (Å²) in [6.07, 6.45) is 2.99. The van der Waals surface area contributed by atoms with Crippen molar-refractivity contribution in [2.45, 2.75) is 36.8 Å². The van der Waals surface area contributed by atoms with Gasteiger partial charge in [-0.15, -0.1) is 11.6 Å². The van der Waals surface area contributed by atoms with Gasteiger partial charge in [0.05, 0.1) is 18.8 Å². The first-order valence-corrected chi connectivity index (χ1v) is 8.26. The molecule has 1 aromatic carbocycles. The molecule has 2 fully saturated rings. The normalized spacial score (nSPS) is 29.8. The van der Waals surface area contributed by atoms with E-state index >= 15 is 0 Å². The van der Waals surface area contributed by atoms with Gasteiger partial charge in [0.15, 0.2) is 0 Å². The average molecular weight is 362 g/mol. The summed E-state index contributed by atoms with van der Waals surface area (Å²) in [5.41, 5.74) is 0.934. The predicted molar refractivity (Wildman–Crippen MR) is 81.5 cm³/mol. The number of halogens is 2. The summed E-state index contributed by atoms with van der Waals surface area (Å²) >= 11 is 9.41. The summed E-state index contributed by atoms with van der Waals surface area (Å²) in [6, 6.07) is 5.97. The van der Waals surface area contributed by atoms with Gasteiger partial charge in [0.1, 0.15) is 11.9 Å². The van der Waals surface area contributed by atoms with Gasteiger partial charge in [0.25, 0.3) is 0 Å². The van der Waals surface area contributed by atoms with Gasteiger partial charge in [-0.25, -0.2) is 0 Å². The molecule has 3 rings (SSSR count). The number of ether oxygens (including phenoxy) is 3.